The van der Waals surface area contributed by atoms with Crippen LogP contribution >= 0.6 is 0 Å². The molecule has 1 aromatic carbocycles. The highest BCUT2D eigenvalue weighted by molar-refractivity contribution is 7.84. The zero-order valence-electron chi connectivity index (χ0n) is 10.4. The zero-order valence-corrected chi connectivity index (χ0v) is 11.2. The van der Waals surface area contributed by atoms with Crippen LogP contribution in [0.3, 0.4) is 0 Å². The number of carbonyl (C=O) groups excluding carboxylic acids is 1. The molecule has 1 rings (SSSR count). The normalized spacial score (nSPS) is 12.1. The van der Waals surface area contributed by atoms with Gasteiger partial charge in [-0.2, -0.15) is 0 Å². The smallest absolute Gasteiger partial charge is 0.162 e. The van der Waals surface area contributed by atoms with Crippen molar-refractivity contribution < 1.29 is 9.00 Å². The van der Waals surface area contributed by atoms with E-state index < -0.39 is 10.8 Å². The molecule has 0 aliphatic heterocycles. The molecule has 0 saturated carbocycles. The molecule has 3 nitrogen and oxygen atoms in total. The summed E-state index contributed by atoms with van der Waals surface area (Å²) in [5, 5.41) is 3.19. The van der Waals surface area contributed by atoms with E-state index in [0.717, 1.165) is 11.3 Å². The molecule has 94 valence electrons. The lowest BCUT2D eigenvalue weighted by Crippen LogP contribution is -2.12. The molecule has 0 amide bonds. The first-order valence-electron chi connectivity index (χ1n) is 5.89. The number of hydrogen-bond acceptors (Lipinski definition) is 3. The summed E-state index contributed by atoms with van der Waals surface area (Å²) in [5.41, 5.74) is 1.71. The molecule has 1 atom stereocenters. The molecule has 0 radical (unpaired) electrons. The Kier molecular flexibility index (Phi) is 5.91. The van der Waals surface area contributed by atoms with E-state index in [2.05, 4.69) is 5.32 Å². The van der Waals surface area contributed by atoms with Gasteiger partial charge in [-0.1, -0.05) is 13.8 Å². The summed E-state index contributed by atoms with van der Waals surface area (Å²) in [7, 11) is -0.730. The van der Waals surface area contributed by atoms with Gasteiger partial charge in [-0.05, 0) is 24.3 Å². The van der Waals surface area contributed by atoms with E-state index in [1.807, 2.05) is 38.1 Å². The molecular weight excluding hydrogens is 234 g/mol. The van der Waals surface area contributed by atoms with Crippen LogP contribution in [0.2, 0.25) is 0 Å². The highest BCUT2D eigenvalue weighted by atomic mass is 32.2. The van der Waals surface area contributed by atoms with Gasteiger partial charge in [-0.3, -0.25) is 9.00 Å². The molecule has 0 heterocycles. The van der Waals surface area contributed by atoms with E-state index in [-0.39, 0.29) is 5.78 Å². The molecule has 0 fully saturated rings. The predicted octanol–water partition coefficient (Wildman–Crippen LogP) is 2.46. The Morgan fingerprint density at radius 3 is 2.41 bits per heavy atom. The summed E-state index contributed by atoms with van der Waals surface area (Å²) < 4.78 is 11.2. The highest BCUT2D eigenvalue weighted by Crippen LogP contribution is 2.10. The average molecular weight is 253 g/mol. The largest absolute Gasteiger partial charge is 0.384 e. The van der Waals surface area contributed by atoms with Crippen LogP contribution in [0.5, 0.6) is 0 Å². The number of Topliss-reactive ketones (excluding diaryl/α,β-unsaturated/α-hetero) is 1. The summed E-state index contributed by atoms with van der Waals surface area (Å²) in [4.78, 5) is 11.4. The fourth-order valence-corrected chi connectivity index (χ4v) is 2.05. The van der Waals surface area contributed by atoms with Crippen molar-refractivity contribution in [3.63, 3.8) is 0 Å². The van der Waals surface area contributed by atoms with E-state index in [1.165, 1.54) is 0 Å². The number of carbonyl (C=O) groups is 1. The Bertz CT molecular complexity index is 387. The molecule has 1 aromatic rings. The zero-order chi connectivity index (χ0) is 12.7. The van der Waals surface area contributed by atoms with Crippen LogP contribution in [0.25, 0.3) is 0 Å². The first-order valence-corrected chi connectivity index (χ1v) is 7.38. The predicted molar refractivity (Wildman–Crippen MR) is 73.1 cm³/mol. The van der Waals surface area contributed by atoms with Gasteiger partial charge < -0.3 is 5.32 Å². The monoisotopic (exact) mass is 253 g/mol. The molecule has 17 heavy (non-hydrogen) atoms. The topological polar surface area (TPSA) is 46.2 Å². The minimum absolute atomic E-state index is 0.156. The molecule has 1 N–H and O–H groups in total. The summed E-state index contributed by atoms with van der Waals surface area (Å²) in [6, 6.07) is 7.42. The van der Waals surface area contributed by atoms with Crippen LogP contribution in [0.4, 0.5) is 5.69 Å². The minimum atomic E-state index is -0.730. The highest BCUT2D eigenvalue weighted by Gasteiger charge is 2.02. The van der Waals surface area contributed by atoms with Crippen molar-refractivity contribution in [1.29, 1.82) is 0 Å². The first-order chi connectivity index (χ1) is 8.17. The van der Waals surface area contributed by atoms with Crippen molar-refractivity contribution >= 4 is 22.3 Å². The van der Waals surface area contributed by atoms with Crippen LogP contribution in [0.1, 0.15) is 30.6 Å². The van der Waals surface area contributed by atoms with E-state index in [4.69, 9.17) is 0 Å². The van der Waals surface area contributed by atoms with Gasteiger partial charge in [0.15, 0.2) is 5.78 Å². The van der Waals surface area contributed by atoms with Gasteiger partial charge in [0.2, 0.25) is 0 Å². The second kappa shape index (κ2) is 7.22. The molecule has 1 unspecified atom stereocenters. The third kappa shape index (κ3) is 4.69. The van der Waals surface area contributed by atoms with Crippen LogP contribution in [0, 0.1) is 0 Å². The van der Waals surface area contributed by atoms with Crippen molar-refractivity contribution in [3.8, 4) is 0 Å². The molecule has 0 aromatic heterocycles. The number of hydrogen-bond donors (Lipinski definition) is 1. The Morgan fingerprint density at radius 1 is 1.24 bits per heavy atom. The first kappa shape index (κ1) is 13.9. The standard InChI is InChI=1S/C13H19NO2S/c1-3-13(15)11-5-7-12(8-6-11)14-9-10-17(16)4-2/h5-8,14H,3-4,9-10H2,1-2H3. The van der Waals surface area contributed by atoms with Crippen LogP contribution in [-0.4, -0.2) is 28.0 Å². The second-order valence-corrected chi connectivity index (χ2v) is 5.58. The maximum absolute atomic E-state index is 11.4. The van der Waals surface area contributed by atoms with Gasteiger partial charge in [0, 0.05) is 46.5 Å². The Hall–Kier alpha value is -1.16. The third-order valence-corrected chi connectivity index (χ3v) is 3.81. The molecule has 0 aliphatic rings. The quantitative estimate of drug-likeness (QED) is 0.759. The maximum atomic E-state index is 11.4. The lowest BCUT2D eigenvalue weighted by Gasteiger charge is -2.06. The number of rotatable bonds is 7. The molecule has 4 heteroatoms. The molecular formula is C13H19NO2S. The number of nitrogens with one attached hydrogen (secondary N) is 1. The number of benzene rings is 1. The van der Waals surface area contributed by atoms with E-state index >= 15 is 0 Å². The second-order valence-electron chi connectivity index (χ2n) is 3.71. The molecule has 0 spiro atoms. The van der Waals surface area contributed by atoms with Crippen LogP contribution in [-0.2, 0) is 10.8 Å². The Labute approximate surface area is 105 Å². The maximum Gasteiger partial charge on any atom is 0.162 e. The van der Waals surface area contributed by atoms with Crippen molar-refractivity contribution in [2.75, 3.05) is 23.4 Å². The van der Waals surface area contributed by atoms with Gasteiger partial charge in [0.05, 0.1) is 0 Å². The third-order valence-electron chi connectivity index (χ3n) is 2.51. The van der Waals surface area contributed by atoms with Crippen molar-refractivity contribution in [2.24, 2.45) is 0 Å². The molecule has 0 aliphatic carbocycles. The fourth-order valence-electron chi connectivity index (χ4n) is 1.43. The lowest BCUT2D eigenvalue weighted by atomic mass is 10.1. The number of anilines is 1. The van der Waals surface area contributed by atoms with Gasteiger partial charge in [-0.15, -0.1) is 0 Å². The Balaban J connectivity index is 2.46. The average Bonchev–Trinajstić information content (AvgIpc) is 2.38. The fraction of sp³-hybridized carbons (Fsp3) is 0.462. The Morgan fingerprint density at radius 2 is 1.88 bits per heavy atom. The van der Waals surface area contributed by atoms with E-state index in [9.17, 15) is 9.00 Å². The van der Waals surface area contributed by atoms with E-state index in [1.54, 1.807) is 0 Å². The number of ketones is 1. The summed E-state index contributed by atoms with van der Waals surface area (Å²) in [6.45, 7) is 4.47. The van der Waals surface area contributed by atoms with Crippen LogP contribution < -0.4 is 5.32 Å². The minimum Gasteiger partial charge on any atom is -0.384 e. The summed E-state index contributed by atoms with van der Waals surface area (Å²) in [6.07, 6.45) is 0.530. The SMILES string of the molecule is CCC(=O)c1ccc(NCCS(=O)CC)cc1. The van der Waals surface area contributed by atoms with Crippen LogP contribution in [0.15, 0.2) is 24.3 Å². The molecule has 0 saturated heterocycles. The van der Waals surface area contributed by atoms with Gasteiger partial charge in [0.25, 0.3) is 0 Å². The van der Waals surface area contributed by atoms with Crippen molar-refractivity contribution in [2.45, 2.75) is 20.3 Å². The summed E-state index contributed by atoms with van der Waals surface area (Å²) >= 11 is 0. The van der Waals surface area contributed by atoms with Gasteiger partial charge in [0.1, 0.15) is 0 Å². The van der Waals surface area contributed by atoms with Crippen molar-refractivity contribution in [3.05, 3.63) is 29.8 Å². The van der Waals surface area contributed by atoms with E-state index in [0.29, 0.717) is 24.5 Å². The summed E-state index contributed by atoms with van der Waals surface area (Å²) in [5.74, 6) is 1.52. The van der Waals surface area contributed by atoms with Gasteiger partial charge >= 0.3 is 0 Å². The molecule has 0 bridgehead atoms. The van der Waals surface area contributed by atoms with Crippen molar-refractivity contribution in [1.82, 2.24) is 0 Å². The lowest BCUT2D eigenvalue weighted by molar-refractivity contribution is 0.0988. The van der Waals surface area contributed by atoms with Gasteiger partial charge in [-0.25, -0.2) is 0 Å².